The lowest BCUT2D eigenvalue weighted by Gasteiger charge is -2.01. The molecule has 94 valence electrons. The fraction of sp³-hybridized carbons (Fsp3) is 0.333. The molecule has 0 saturated heterocycles. The summed E-state index contributed by atoms with van der Waals surface area (Å²) in [6.07, 6.45) is -0.0112. The molecule has 2 aromatic rings. The Morgan fingerprint density at radius 2 is 2.17 bits per heavy atom. The standard InChI is InChI=1S/C12H14N4O2/c1-8-3-4-10(9(2)7-8)12-13-15-16(14-12)6-5-11(17)18/h3-4,7H,5-6H2,1-2H3,(H,17,18). The van der Waals surface area contributed by atoms with Crippen molar-refractivity contribution in [3.05, 3.63) is 29.3 Å². The number of carboxylic acid groups (broad SMARTS) is 1. The molecule has 18 heavy (non-hydrogen) atoms. The van der Waals surface area contributed by atoms with E-state index in [4.69, 9.17) is 5.11 Å². The molecule has 6 heteroatoms. The molecule has 1 aromatic heterocycles. The number of hydrogen-bond acceptors (Lipinski definition) is 4. The maximum Gasteiger partial charge on any atom is 0.305 e. The Labute approximate surface area is 104 Å². The Balaban J connectivity index is 2.21. The van der Waals surface area contributed by atoms with Gasteiger partial charge < -0.3 is 5.11 Å². The molecule has 0 fully saturated rings. The molecule has 6 nitrogen and oxygen atoms in total. The SMILES string of the molecule is Cc1ccc(-c2nnn(CCC(=O)O)n2)c(C)c1. The van der Waals surface area contributed by atoms with Gasteiger partial charge in [-0.15, -0.1) is 10.2 Å². The molecule has 0 saturated carbocycles. The van der Waals surface area contributed by atoms with Gasteiger partial charge in [-0.05, 0) is 24.6 Å². The molecule has 1 heterocycles. The Hall–Kier alpha value is -2.24. The normalized spacial score (nSPS) is 10.6. The summed E-state index contributed by atoms with van der Waals surface area (Å²) in [7, 11) is 0. The van der Waals surface area contributed by atoms with Gasteiger partial charge in [-0.25, -0.2) is 0 Å². The van der Waals surface area contributed by atoms with Crippen LogP contribution in [0.2, 0.25) is 0 Å². The lowest BCUT2D eigenvalue weighted by atomic mass is 10.1. The first-order valence-corrected chi connectivity index (χ1v) is 5.63. The van der Waals surface area contributed by atoms with Crippen molar-refractivity contribution in [1.29, 1.82) is 0 Å². The van der Waals surface area contributed by atoms with E-state index in [-0.39, 0.29) is 13.0 Å². The first-order chi connectivity index (χ1) is 8.56. The predicted molar refractivity (Wildman–Crippen MR) is 65.0 cm³/mol. The van der Waals surface area contributed by atoms with Gasteiger partial charge >= 0.3 is 5.97 Å². The highest BCUT2D eigenvalue weighted by atomic mass is 16.4. The number of benzene rings is 1. The van der Waals surface area contributed by atoms with Gasteiger partial charge in [0.2, 0.25) is 5.82 Å². The summed E-state index contributed by atoms with van der Waals surface area (Å²) < 4.78 is 0. The fourth-order valence-corrected chi connectivity index (χ4v) is 1.71. The van der Waals surface area contributed by atoms with Gasteiger partial charge in [0.1, 0.15) is 0 Å². The maximum absolute atomic E-state index is 10.5. The van der Waals surface area contributed by atoms with E-state index in [1.165, 1.54) is 10.4 Å². The molecule has 0 amide bonds. The van der Waals surface area contributed by atoms with Crippen LogP contribution in [0, 0.1) is 13.8 Å². The van der Waals surface area contributed by atoms with Crippen molar-refractivity contribution in [2.24, 2.45) is 0 Å². The summed E-state index contributed by atoms with van der Waals surface area (Å²) >= 11 is 0. The van der Waals surface area contributed by atoms with E-state index in [0.29, 0.717) is 5.82 Å². The van der Waals surface area contributed by atoms with E-state index in [0.717, 1.165) is 11.1 Å². The van der Waals surface area contributed by atoms with Crippen molar-refractivity contribution < 1.29 is 9.90 Å². The number of aryl methyl sites for hydroxylation is 3. The zero-order chi connectivity index (χ0) is 13.1. The molecule has 2 rings (SSSR count). The minimum Gasteiger partial charge on any atom is -0.481 e. The second kappa shape index (κ2) is 4.95. The van der Waals surface area contributed by atoms with Gasteiger partial charge in [-0.2, -0.15) is 4.80 Å². The zero-order valence-electron chi connectivity index (χ0n) is 10.3. The van der Waals surface area contributed by atoms with Gasteiger partial charge in [0, 0.05) is 5.56 Å². The van der Waals surface area contributed by atoms with Crippen LogP contribution in [0.15, 0.2) is 18.2 Å². The minimum atomic E-state index is -0.875. The highest BCUT2D eigenvalue weighted by Crippen LogP contribution is 2.19. The van der Waals surface area contributed by atoms with Crippen molar-refractivity contribution in [3.8, 4) is 11.4 Å². The number of aliphatic carboxylic acids is 1. The summed E-state index contributed by atoms with van der Waals surface area (Å²) in [6.45, 7) is 4.24. The monoisotopic (exact) mass is 246 g/mol. The number of aromatic nitrogens is 4. The summed E-state index contributed by atoms with van der Waals surface area (Å²) in [6, 6.07) is 5.98. The fourth-order valence-electron chi connectivity index (χ4n) is 1.71. The quantitative estimate of drug-likeness (QED) is 0.882. The second-order valence-corrected chi connectivity index (χ2v) is 4.17. The summed E-state index contributed by atoms with van der Waals surface area (Å²) in [5.41, 5.74) is 3.17. The van der Waals surface area contributed by atoms with Crippen LogP contribution in [0.4, 0.5) is 0 Å². The van der Waals surface area contributed by atoms with E-state index in [1.54, 1.807) is 0 Å². The van der Waals surface area contributed by atoms with Gasteiger partial charge in [0.25, 0.3) is 0 Å². The zero-order valence-corrected chi connectivity index (χ0v) is 10.3. The van der Waals surface area contributed by atoms with Gasteiger partial charge in [0.15, 0.2) is 0 Å². The van der Waals surface area contributed by atoms with Crippen LogP contribution in [0.5, 0.6) is 0 Å². The predicted octanol–water partition coefficient (Wildman–Crippen LogP) is 1.43. The average molecular weight is 246 g/mol. The largest absolute Gasteiger partial charge is 0.481 e. The van der Waals surface area contributed by atoms with Gasteiger partial charge in [-0.3, -0.25) is 4.79 Å². The molecule has 0 atom stereocenters. The van der Waals surface area contributed by atoms with E-state index >= 15 is 0 Å². The average Bonchev–Trinajstić information content (AvgIpc) is 2.75. The Bertz CT molecular complexity index is 577. The number of nitrogens with zero attached hydrogens (tertiary/aromatic N) is 4. The maximum atomic E-state index is 10.5. The van der Waals surface area contributed by atoms with Crippen LogP contribution < -0.4 is 0 Å². The molecule has 0 aliphatic heterocycles. The van der Waals surface area contributed by atoms with Crippen molar-refractivity contribution >= 4 is 5.97 Å². The van der Waals surface area contributed by atoms with Crippen LogP contribution in [0.3, 0.4) is 0 Å². The molecular formula is C12H14N4O2. The van der Waals surface area contributed by atoms with Crippen molar-refractivity contribution in [2.75, 3.05) is 0 Å². The van der Waals surface area contributed by atoms with E-state index in [2.05, 4.69) is 15.4 Å². The first kappa shape index (κ1) is 12.2. The number of rotatable bonds is 4. The molecule has 0 spiro atoms. The van der Waals surface area contributed by atoms with E-state index in [9.17, 15) is 4.79 Å². The molecule has 0 unspecified atom stereocenters. The lowest BCUT2D eigenvalue weighted by molar-refractivity contribution is -0.137. The highest BCUT2D eigenvalue weighted by Gasteiger charge is 2.09. The summed E-state index contributed by atoms with van der Waals surface area (Å²) in [5.74, 6) is -0.349. The summed E-state index contributed by atoms with van der Waals surface area (Å²) in [5, 5.41) is 20.5. The lowest BCUT2D eigenvalue weighted by Crippen LogP contribution is -2.07. The van der Waals surface area contributed by atoms with Crippen LogP contribution in [0.1, 0.15) is 17.5 Å². The molecule has 0 radical (unpaired) electrons. The second-order valence-electron chi connectivity index (χ2n) is 4.17. The minimum absolute atomic E-state index is 0.0112. The number of carboxylic acids is 1. The van der Waals surface area contributed by atoms with Crippen molar-refractivity contribution in [3.63, 3.8) is 0 Å². The molecule has 0 aliphatic carbocycles. The topological polar surface area (TPSA) is 80.9 Å². The first-order valence-electron chi connectivity index (χ1n) is 5.63. The van der Waals surface area contributed by atoms with Gasteiger partial charge in [-0.1, -0.05) is 23.8 Å². The van der Waals surface area contributed by atoms with E-state index in [1.807, 2.05) is 32.0 Å². The molecular weight excluding hydrogens is 232 g/mol. The van der Waals surface area contributed by atoms with E-state index < -0.39 is 5.97 Å². The highest BCUT2D eigenvalue weighted by molar-refractivity contribution is 5.66. The smallest absolute Gasteiger partial charge is 0.305 e. The third-order valence-electron chi connectivity index (χ3n) is 2.60. The Morgan fingerprint density at radius 1 is 1.39 bits per heavy atom. The number of hydrogen-bond donors (Lipinski definition) is 1. The third-order valence-corrected chi connectivity index (χ3v) is 2.60. The van der Waals surface area contributed by atoms with Crippen molar-refractivity contribution in [1.82, 2.24) is 20.2 Å². The molecule has 0 bridgehead atoms. The number of tetrazole rings is 1. The van der Waals surface area contributed by atoms with Crippen LogP contribution in [0.25, 0.3) is 11.4 Å². The van der Waals surface area contributed by atoms with Crippen LogP contribution in [-0.2, 0) is 11.3 Å². The third kappa shape index (κ3) is 2.71. The van der Waals surface area contributed by atoms with Gasteiger partial charge in [0.05, 0.1) is 13.0 Å². The van der Waals surface area contributed by atoms with Crippen molar-refractivity contribution in [2.45, 2.75) is 26.8 Å². The van der Waals surface area contributed by atoms with Crippen LogP contribution in [-0.4, -0.2) is 31.3 Å². The molecule has 1 aromatic carbocycles. The number of carbonyl (C=O) groups is 1. The summed E-state index contributed by atoms with van der Waals surface area (Å²) in [4.78, 5) is 11.8. The molecule has 1 N–H and O–H groups in total. The molecule has 0 aliphatic rings. The Morgan fingerprint density at radius 3 is 2.83 bits per heavy atom. The van der Waals surface area contributed by atoms with Crippen LogP contribution >= 0.6 is 0 Å². The Kier molecular flexibility index (Phi) is 3.36.